The maximum Gasteiger partial charge on any atom is 0.256 e. The van der Waals surface area contributed by atoms with E-state index in [4.69, 9.17) is 9.47 Å². The third kappa shape index (κ3) is 5.35. The van der Waals surface area contributed by atoms with Crippen molar-refractivity contribution < 1.29 is 14.3 Å². The van der Waals surface area contributed by atoms with Gasteiger partial charge in [0.05, 0.1) is 0 Å². The van der Waals surface area contributed by atoms with E-state index in [0.717, 1.165) is 16.5 Å². The highest BCUT2D eigenvalue weighted by molar-refractivity contribution is 6.13. The largest absolute Gasteiger partial charge is 0.439 e. The number of anilines is 1. The van der Waals surface area contributed by atoms with E-state index < -0.39 is 0 Å². The van der Waals surface area contributed by atoms with Gasteiger partial charge in [0.1, 0.15) is 12.4 Å². The number of benzene rings is 3. The highest BCUT2D eigenvalue weighted by Crippen LogP contribution is 2.28. The minimum absolute atomic E-state index is 0.00455. The molecule has 33 heavy (non-hydrogen) atoms. The predicted octanol–water partition coefficient (Wildman–Crippen LogP) is 6.12. The zero-order valence-electron chi connectivity index (χ0n) is 19.3. The van der Waals surface area contributed by atoms with Gasteiger partial charge in [-0.2, -0.15) is 4.98 Å². The average Bonchev–Trinajstić information content (AvgIpc) is 2.78. The Morgan fingerprint density at radius 2 is 1.82 bits per heavy atom. The standard InChI is InChI=1S/C27H27N3O3/c1-27(2,3)19-8-6-9-20(16-19)29-26(31)23-10-5-7-18-15-21(11-12-22(18)23)33-25-13-14-28-24(30-25)17-32-4/h5-16H,17H2,1-4H3,(H,29,31). The lowest BCUT2D eigenvalue weighted by atomic mass is 9.87. The molecule has 6 nitrogen and oxygen atoms in total. The first-order valence-electron chi connectivity index (χ1n) is 10.8. The lowest BCUT2D eigenvalue weighted by Gasteiger charge is -2.20. The Bertz CT molecular complexity index is 1300. The second-order valence-electron chi connectivity index (χ2n) is 8.82. The van der Waals surface area contributed by atoms with Crippen LogP contribution in [0.5, 0.6) is 11.6 Å². The van der Waals surface area contributed by atoms with Gasteiger partial charge in [-0.1, -0.05) is 45.0 Å². The summed E-state index contributed by atoms with van der Waals surface area (Å²) in [4.78, 5) is 21.6. The molecule has 0 radical (unpaired) electrons. The second kappa shape index (κ2) is 9.38. The van der Waals surface area contributed by atoms with Crippen LogP contribution < -0.4 is 10.1 Å². The number of hydrogen-bond donors (Lipinski definition) is 1. The van der Waals surface area contributed by atoms with Crippen LogP contribution in [0.15, 0.2) is 72.9 Å². The van der Waals surface area contributed by atoms with Gasteiger partial charge in [0.15, 0.2) is 5.82 Å². The predicted molar refractivity (Wildman–Crippen MR) is 130 cm³/mol. The van der Waals surface area contributed by atoms with E-state index in [1.165, 1.54) is 5.56 Å². The summed E-state index contributed by atoms with van der Waals surface area (Å²) in [5.74, 6) is 1.45. The van der Waals surface area contributed by atoms with Crippen molar-refractivity contribution >= 4 is 22.4 Å². The minimum atomic E-state index is -0.152. The van der Waals surface area contributed by atoms with Gasteiger partial charge >= 0.3 is 0 Å². The van der Waals surface area contributed by atoms with Gasteiger partial charge in [0.2, 0.25) is 5.88 Å². The lowest BCUT2D eigenvalue weighted by molar-refractivity contribution is 0.102. The van der Waals surface area contributed by atoms with Crippen LogP contribution >= 0.6 is 0 Å². The van der Waals surface area contributed by atoms with Gasteiger partial charge in [-0.15, -0.1) is 0 Å². The van der Waals surface area contributed by atoms with Crippen molar-refractivity contribution in [3.05, 3.63) is 89.9 Å². The molecule has 0 aliphatic heterocycles. The fourth-order valence-electron chi connectivity index (χ4n) is 3.54. The van der Waals surface area contributed by atoms with Crippen LogP contribution in [-0.4, -0.2) is 23.0 Å². The molecular weight excluding hydrogens is 414 g/mol. The van der Waals surface area contributed by atoms with Crippen molar-refractivity contribution in [2.75, 3.05) is 12.4 Å². The first-order valence-corrected chi connectivity index (χ1v) is 10.8. The smallest absolute Gasteiger partial charge is 0.256 e. The first-order chi connectivity index (χ1) is 15.8. The second-order valence-corrected chi connectivity index (χ2v) is 8.82. The van der Waals surface area contributed by atoms with Gasteiger partial charge in [-0.25, -0.2) is 4.98 Å². The Morgan fingerprint density at radius 3 is 2.61 bits per heavy atom. The number of amides is 1. The van der Waals surface area contributed by atoms with Gasteiger partial charge in [0.25, 0.3) is 5.91 Å². The van der Waals surface area contributed by atoms with E-state index in [1.807, 2.05) is 54.6 Å². The zero-order chi connectivity index (χ0) is 23.4. The summed E-state index contributed by atoms with van der Waals surface area (Å²) >= 11 is 0. The third-order valence-corrected chi connectivity index (χ3v) is 5.26. The summed E-state index contributed by atoms with van der Waals surface area (Å²) < 4.78 is 11.0. The molecule has 0 fully saturated rings. The number of methoxy groups -OCH3 is 1. The first kappa shape index (κ1) is 22.4. The van der Waals surface area contributed by atoms with Gasteiger partial charge in [0, 0.05) is 30.6 Å². The minimum Gasteiger partial charge on any atom is -0.439 e. The molecule has 0 saturated carbocycles. The van der Waals surface area contributed by atoms with Crippen LogP contribution in [0.4, 0.5) is 5.69 Å². The average molecular weight is 442 g/mol. The number of hydrogen-bond acceptors (Lipinski definition) is 5. The van der Waals surface area contributed by atoms with Crippen LogP contribution in [-0.2, 0) is 16.8 Å². The number of nitrogens with zero attached hydrogens (tertiary/aromatic N) is 2. The SMILES string of the molecule is COCc1nccc(Oc2ccc3c(C(=O)Nc4cccc(C(C)(C)C)c4)cccc3c2)n1. The Morgan fingerprint density at radius 1 is 1.00 bits per heavy atom. The number of carbonyl (C=O) groups excluding carboxylic acids is 1. The van der Waals surface area contributed by atoms with Gasteiger partial charge in [-0.05, 0) is 58.1 Å². The van der Waals surface area contributed by atoms with Crippen LogP contribution in [0.3, 0.4) is 0 Å². The Labute approximate surface area is 193 Å². The lowest BCUT2D eigenvalue weighted by Crippen LogP contribution is -2.15. The van der Waals surface area contributed by atoms with Crippen molar-refractivity contribution in [2.45, 2.75) is 32.8 Å². The maximum atomic E-state index is 13.1. The normalized spacial score (nSPS) is 11.4. The molecule has 0 aliphatic rings. The van der Waals surface area contributed by atoms with E-state index in [1.54, 1.807) is 19.4 Å². The summed E-state index contributed by atoms with van der Waals surface area (Å²) in [6, 6.07) is 20.9. The third-order valence-electron chi connectivity index (χ3n) is 5.26. The summed E-state index contributed by atoms with van der Waals surface area (Å²) in [5, 5.41) is 4.78. The Hall–Kier alpha value is -3.77. The zero-order valence-corrected chi connectivity index (χ0v) is 19.3. The summed E-state index contributed by atoms with van der Waals surface area (Å²) in [7, 11) is 1.59. The molecule has 6 heteroatoms. The molecule has 4 rings (SSSR count). The fourth-order valence-corrected chi connectivity index (χ4v) is 3.54. The van der Waals surface area contributed by atoms with Crippen molar-refractivity contribution in [2.24, 2.45) is 0 Å². The molecule has 168 valence electrons. The molecule has 0 saturated heterocycles. The van der Waals surface area contributed by atoms with E-state index >= 15 is 0 Å². The van der Waals surface area contributed by atoms with Crippen LogP contribution in [0.1, 0.15) is 42.5 Å². The highest BCUT2D eigenvalue weighted by atomic mass is 16.5. The highest BCUT2D eigenvalue weighted by Gasteiger charge is 2.16. The summed E-state index contributed by atoms with van der Waals surface area (Å²) in [6.07, 6.45) is 1.63. The quantitative estimate of drug-likeness (QED) is 0.390. The van der Waals surface area contributed by atoms with Gasteiger partial charge in [-0.3, -0.25) is 4.79 Å². The molecule has 0 unspecified atom stereocenters. The number of fused-ring (bicyclic) bond motifs is 1. The van der Waals surface area contributed by atoms with Crippen molar-refractivity contribution in [1.82, 2.24) is 9.97 Å². The van der Waals surface area contributed by atoms with E-state index in [9.17, 15) is 4.79 Å². The number of ether oxygens (including phenoxy) is 2. The Balaban J connectivity index is 1.57. The van der Waals surface area contributed by atoms with Gasteiger partial charge < -0.3 is 14.8 Å². The summed E-state index contributed by atoms with van der Waals surface area (Å²) in [6.45, 7) is 6.76. The number of aromatic nitrogens is 2. The molecule has 3 aromatic carbocycles. The van der Waals surface area contributed by atoms with Crippen LogP contribution in [0.25, 0.3) is 10.8 Å². The summed E-state index contributed by atoms with van der Waals surface area (Å²) in [5.41, 5.74) is 2.55. The number of rotatable bonds is 6. The molecule has 4 aromatic rings. The number of carbonyl (C=O) groups is 1. The molecule has 0 spiro atoms. The van der Waals surface area contributed by atoms with Crippen molar-refractivity contribution in [1.29, 1.82) is 0 Å². The maximum absolute atomic E-state index is 13.1. The molecule has 0 bridgehead atoms. The molecule has 1 aromatic heterocycles. The molecular formula is C27H27N3O3. The van der Waals surface area contributed by atoms with Crippen molar-refractivity contribution in [3.8, 4) is 11.6 Å². The molecule has 0 atom stereocenters. The van der Waals surface area contributed by atoms with Crippen molar-refractivity contribution in [3.63, 3.8) is 0 Å². The Kier molecular flexibility index (Phi) is 6.38. The topological polar surface area (TPSA) is 73.3 Å². The molecule has 1 N–H and O–H groups in total. The van der Waals surface area contributed by atoms with Crippen LogP contribution in [0.2, 0.25) is 0 Å². The molecule has 1 amide bonds. The van der Waals surface area contributed by atoms with E-state index in [0.29, 0.717) is 29.6 Å². The molecule has 1 heterocycles. The number of nitrogens with one attached hydrogen (secondary N) is 1. The fraction of sp³-hybridized carbons (Fsp3) is 0.222. The van der Waals surface area contributed by atoms with E-state index in [-0.39, 0.29) is 11.3 Å². The monoisotopic (exact) mass is 441 g/mol. The van der Waals surface area contributed by atoms with E-state index in [2.05, 4.69) is 42.1 Å². The van der Waals surface area contributed by atoms with Crippen LogP contribution in [0, 0.1) is 0 Å². The molecule has 0 aliphatic carbocycles.